The van der Waals surface area contributed by atoms with Crippen molar-refractivity contribution in [2.24, 2.45) is 0 Å². The number of rotatable bonds is 2. The average Bonchev–Trinajstić information content (AvgIpc) is 2.60. The summed E-state index contributed by atoms with van der Waals surface area (Å²) in [6, 6.07) is 8.34. The lowest BCUT2D eigenvalue weighted by atomic mass is 10.1. The summed E-state index contributed by atoms with van der Waals surface area (Å²) in [6.07, 6.45) is 0.0879. The Hall–Kier alpha value is -0.860. The van der Waals surface area contributed by atoms with Crippen LogP contribution in [0.15, 0.2) is 29.6 Å². The molecule has 1 aromatic heterocycles. The molecule has 2 heteroatoms. The van der Waals surface area contributed by atoms with Crippen molar-refractivity contribution in [3.05, 3.63) is 41.6 Å². The molecule has 0 amide bonds. The normalized spacial score (nSPS) is 13.4. The average molecular weight is 191 g/mol. The molecular formula is C11H11OS. The molecule has 13 heavy (non-hydrogen) atoms. The van der Waals surface area contributed by atoms with Crippen LogP contribution in [0.25, 0.3) is 10.8 Å². The quantitative estimate of drug-likeness (QED) is 0.702. The van der Waals surface area contributed by atoms with E-state index < -0.39 is 0 Å². The van der Waals surface area contributed by atoms with Crippen molar-refractivity contribution >= 4 is 22.1 Å². The minimum Gasteiger partial charge on any atom is -0.371 e. The van der Waals surface area contributed by atoms with E-state index in [1.165, 1.54) is 15.6 Å². The second-order valence-corrected chi connectivity index (χ2v) is 3.91. The second-order valence-electron chi connectivity index (χ2n) is 3.00. The van der Waals surface area contributed by atoms with Gasteiger partial charge in [0.05, 0.1) is 13.2 Å². The SMILES string of the molecule is [CH2]OC(C)c1scc2ccccc12. The third kappa shape index (κ3) is 1.47. The van der Waals surface area contributed by atoms with Crippen LogP contribution in [0.2, 0.25) is 0 Å². The third-order valence-corrected chi connectivity index (χ3v) is 3.34. The van der Waals surface area contributed by atoms with E-state index in [4.69, 9.17) is 4.74 Å². The van der Waals surface area contributed by atoms with E-state index in [-0.39, 0.29) is 6.10 Å². The van der Waals surface area contributed by atoms with Crippen molar-refractivity contribution < 1.29 is 4.74 Å². The molecule has 0 aliphatic rings. The minimum atomic E-state index is 0.0879. The monoisotopic (exact) mass is 191 g/mol. The van der Waals surface area contributed by atoms with Crippen LogP contribution in [0.4, 0.5) is 0 Å². The Morgan fingerprint density at radius 2 is 2.15 bits per heavy atom. The molecule has 1 atom stereocenters. The van der Waals surface area contributed by atoms with Crippen molar-refractivity contribution in [1.29, 1.82) is 0 Å². The Morgan fingerprint density at radius 1 is 1.38 bits per heavy atom. The highest BCUT2D eigenvalue weighted by Crippen LogP contribution is 2.31. The maximum absolute atomic E-state index is 5.06. The zero-order chi connectivity index (χ0) is 9.26. The fourth-order valence-corrected chi connectivity index (χ4v) is 2.44. The molecule has 67 valence electrons. The van der Waals surface area contributed by atoms with Crippen molar-refractivity contribution in [2.75, 3.05) is 0 Å². The highest BCUT2D eigenvalue weighted by molar-refractivity contribution is 7.11. The number of benzene rings is 1. The molecule has 0 aliphatic carbocycles. The predicted octanol–water partition coefficient (Wildman–Crippen LogP) is 3.77. The molecule has 0 fully saturated rings. The Kier molecular flexibility index (Phi) is 2.34. The first-order chi connectivity index (χ1) is 6.33. The first kappa shape index (κ1) is 8.73. The van der Waals surface area contributed by atoms with Crippen LogP contribution in [-0.2, 0) is 4.74 Å². The molecule has 0 saturated carbocycles. The van der Waals surface area contributed by atoms with Crippen LogP contribution in [0.3, 0.4) is 0 Å². The predicted molar refractivity (Wildman–Crippen MR) is 56.7 cm³/mol. The Morgan fingerprint density at radius 3 is 2.92 bits per heavy atom. The van der Waals surface area contributed by atoms with Crippen molar-refractivity contribution in [1.82, 2.24) is 0 Å². The van der Waals surface area contributed by atoms with E-state index >= 15 is 0 Å². The molecule has 1 radical (unpaired) electrons. The fourth-order valence-electron chi connectivity index (χ4n) is 1.41. The molecule has 0 bridgehead atoms. The van der Waals surface area contributed by atoms with Gasteiger partial charge in [0, 0.05) is 4.88 Å². The van der Waals surface area contributed by atoms with Gasteiger partial charge in [-0.1, -0.05) is 24.3 Å². The van der Waals surface area contributed by atoms with Crippen LogP contribution in [0.5, 0.6) is 0 Å². The van der Waals surface area contributed by atoms with Gasteiger partial charge in [-0.05, 0) is 23.1 Å². The van der Waals surface area contributed by atoms with Gasteiger partial charge in [0.2, 0.25) is 0 Å². The number of ether oxygens (including phenoxy) is 1. The first-order valence-electron chi connectivity index (χ1n) is 4.20. The molecule has 0 spiro atoms. The van der Waals surface area contributed by atoms with Crippen LogP contribution in [-0.4, -0.2) is 0 Å². The first-order valence-corrected chi connectivity index (χ1v) is 5.08. The Balaban J connectivity index is 2.57. The second kappa shape index (κ2) is 3.48. The summed E-state index contributed by atoms with van der Waals surface area (Å²) in [4.78, 5) is 1.26. The van der Waals surface area contributed by atoms with Crippen molar-refractivity contribution in [3.8, 4) is 0 Å². The summed E-state index contributed by atoms with van der Waals surface area (Å²) >= 11 is 1.73. The molecule has 1 heterocycles. The van der Waals surface area contributed by atoms with Gasteiger partial charge in [-0.3, -0.25) is 0 Å². The maximum Gasteiger partial charge on any atom is 0.0896 e. The largest absolute Gasteiger partial charge is 0.371 e. The summed E-state index contributed by atoms with van der Waals surface area (Å²) in [7, 11) is 3.46. The van der Waals surface area contributed by atoms with Crippen LogP contribution in [0, 0.1) is 7.11 Å². The highest BCUT2D eigenvalue weighted by Gasteiger charge is 2.09. The van der Waals surface area contributed by atoms with Gasteiger partial charge in [-0.15, -0.1) is 11.3 Å². The Bertz CT molecular complexity index is 405. The molecule has 1 nitrogen and oxygen atoms in total. The zero-order valence-corrected chi connectivity index (χ0v) is 8.30. The van der Waals surface area contributed by atoms with E-state index in [2.05, 4.69) is 30.7 Å². The molecule has 2 aromatic rings. The van der Waals surface area contributed by atoms with Crippen LogP contribution in [0.1, 0.15) is 17.9 Å². The van der Waals surface area contributed by atoms with E-state index in [0.717, 1.165) is 0 Å². The summed E-state index contributed by atoms with van der Waals surface area (Å²) < 4.78 is 5.06. The van der Waals surface area contributed by atoms with Gasteiger partial charge in [-0.2, -0.15) is 0 Å². The summed E-state index contributed by atoms with van der Waals surface area (Å²) in [6.45, 7) is 2.02. The van der Waals surface area contributed by atoms with Gasteiger partial charge in [0.15, 0.2) is 0 Å². The van der Waals surface area contributed by atoms with Gasteiger partial charge in [0.25, 0.3) is 0 Å². The van der Waals surface area contributed by atoms with Gasteiger partial charge >= 0.3 is 0 Å². The topological polar surface area (TPSA) is 9.23 Å². The van der Waals surface area contributed by atoms with E-state index in [1.807, 2.05) is 13.0 Å². The molecule has 0 saturated heterocycles. The van der Waals surface area contributed by atoms with E-state index in [0.29, 0.717) is 0 Å². The molecule has 1 unspecified atom stereocenters. The zero-order valence-electron chi connectivity index (χ0n) is 7.49. The number of fused-ring (bicyclic) bond motifs is 1. The lowest BCUT2D eigenvalue weighted by Gasteiger charge is -2.06. The lowest BCUT2D eigenvalue weighted by molar-refractivity contribution is 0.162. The summed E-state index contributed by atoms with van der Waals surface area (Å²) in [5.74, 6) is 0. The number of thiophene rings is 1. The number of hydrogen-bond donors (Lipinski definition) is 0. The highest BCUT2D eigenvalue weighted by atomic mass is 32.1. The van der Waals surface area contributed by atoms with Crippen LogP contribution < -0.4 is 0 Å². The van der Waals surface area contributed by atoms with Gasteiger partial charge in [0.1, 0.15) is 0 Å². The Labute approximate surface area is 82.0 Å². The van der Waals surface area contributed by atoms with Crippen molar-refractivity contribution in [3.63, 3.8) is 0 Å². The molecule has 2 rings (SSSR count). The maximum atomic E-state index is 5.06. The summed E-state index contributed by atoms with van der Waals surface area (Å²) in [5, 5.41) is 4.72. The lowest BCUT2D eigenvalue weighted by Crippen LogP contribution is -1.90. The smallest absolute Gasteiger partial charge is 0.0896 e. The van der Waals surface area contributed by atoms with Crippen LogP contribution >= 0.6 is 11.3 Å². The standard InChI is InChI=1S/C11H11OS/c1-8(12-2)11-10-6-4-3-5-9(10)7-13-11/h3-8H,2H2,1H3. The van der Waals surface area contributed by atoms with Gasteiger partial charge in [-0.25, -0.2) is 0 Å². The third-order valence-electron chi connectivity index (χ3n) is 2.16. The number of hydrogen-bond acceptors (Lipinski definition) is 2. The minimum absolute atomic E-state index is 0.0879. The van der Waals surface area contributed by atoms with Crippen molar-refractivity contribution in [2.45, 2.75) is 13.0 Å². The fraction of sp³-hybridized carbons (Fsp3) is 0.182. The van der Waals surface area contributed by atoms with E-state index in [1.54, 1.807) is 11.3 Å². The summed E-state index contributed by atoms with van der Waals surface area (Å²) in [5.41, 5.74) is 0. The van der Waals surface area contributed by atoms with E-state index in [9.17, 15) is 0 Å². The molecule has 0 N–H and O–H groups in total. The van der Waals surface area contributed by atoms with Gasteiger partial charge < -0.3 is 4.74 Å². The molecular weight excluding hydrogens is 180 g/mol. The molecule has 1 aromatic carbocycles. The molecule has 0 aliphatic heterocycles.